The summed E-state index contributed by atoms with van der Waals surface area (Å²) in [7, 11) is 0. The fourth-order valence-corrected chi connectivity index (χ4v) is 3.28. The largest absolute Gasteiger partial charge is 0.322 e. The lowest BCUT2D eigenvalue weighted by atomic mass is 10.2. The molecule has 0 aliphatic heterocycles. The number of hydrogen-bond acceptors (Lipinski definition) is 1. The molecule has 0 saturated carbocycles. The summed E-state index contributed by atoms with van der Waals surface area (Å²) in [6.45, 7) is 4.85. The molecule has 0 fully saturated rings. The number of benzene rings is 2. The number of nitrogens with zero attached hydrogens (tertiary/aromatic N) is 2. The van der Waals surface area contributed by atoms with Crippen LogP contribution in [0, 0.1) is 6.92 Å². The van der Waals surface area contributed by atoms with Crippen molar-refractivity contribution in [2.45, 2.75) is 25.8 Å². The van der Waals surface area contributed by atoms with Crippen molar-refractivity contribution in [3.8, 4) is 0 Å². The highest BCUT2D eigenvalue weighted by Gasteiger charge is 2.16. The molecule has 3 rings (SSSR count). The number of hydrogen-bond donors (Lipinski definition) is 0. The predicted molar refractivity (Wildman–Crippen MR) is 92.0 cm³/mol. The predicted octanol–water partition coefficient (Wildman–Crippen LogP) is 5.46. The molecule has 1 unspecified atom stereocenters. The third-order valence-corrected chi connectivity index (χ3v) is 4.27. The van der Waals surface area contributed by atoms with Gasteiger partial charge in [-0.1, -0.05) is 40.2 Å². The maximum absolute atomic E-state index is 6.34. The van der Waals surface area contributed by atoms with E-state index >= 15 is 0 Å². The number of aryl methyl sites for hydroxylation is 1. The van der Waals surface area contributed by atoms with Gasteiger partial charge in [0.05, 0.1) is 16.4 Å². The van der Waals surface area contributed by atoms with E-state index in [2.05, 4.69) is 51.7 Å². The number of halogens is 2. The highest BCUT2D eigenvalue weighted by atomic mass is 79.9. The van der Waals surface area contributed by atoms with Crippen molar-refractivity contribution in [3.05, 3.63) is 63.9 Å². The van der Waals surface area contributed by atoms with E-state index in [1.165, 1.54) is 16.6 Å². The summed E-state index contributed by atoms with van der Waals surface area (Å²) in [5, 5.41) is -0.121. The molecule has 0 saturated heterocycles. The van der Waals surface area contributed by atoms with Crippen LogP contribution >= 0.6 is 27.5 Å². The van der Waals surface area contributed by atoms with Gasteiger partial charge in [0.15, 0.2) is 0 Å². The second kappa shape index (κ2) is 5.82. The topological polar surface area (TPSA) is 17.8 Å². The van der Waals surface area contributed by atoms with Crippen molar-refractivity contribution in [3.63, 3.8) is 0 Å². The van der Waals surface area contributed by atoms with Crippen LogP contribution in [0.3, 0.4) is 0 Å². The van der Waals surface area contributed by atoms with Crippen LogP contribution in [-0.4, -0.2) is 9.55 Å². The molecule has 4 heteroatoms. The molecule has 0 bridgehead atoms. The van der Waals surface area contributed by atoms with E-state index in [4.69, 9.17) is 16.6 Å². The van der Waals surface area contributed by atoms with Gasteiger partial charge in [-0.3, -0.25) is 0 Å². The summed E-state index contributed by atoms with van der Waals surface area (Å²) in [4.78, 5) is 4.71. The molecule has 0 spiro atoms. The molecule has 0 aliphatic carbocycles. The van der Waals surface area contributed by atoms with Crippen LogP contribution in [0.15, 0.2) is 46.9 Å². The normalized spacial score (nSPS) is 12.8. The summed E-state index contributed by atoms with van der Waals surface area (Å²) in [6, 6.07) is 14.5. The molecule has 0 aliphatic rings. The van der Waals surface area contributed by atoms with Gasteiger partial charge in [0.1, 0.15) is 5.82 Å². The lowest BCUT2D eigenvalue weighted by Gasteiger charge is -2.12. The van der Waals surface area contributed by atoms with E-state index < -0.39 is 0 Å². The number of imidazole rings is 1. The lowest BCUT2D eigenvalue weighted by Crippen LogP contribution is -2.06. The summed E-state index contributed by atoms with van der Waals surface area (Å²) in [5.41, 5.74) is 4.62. The molecule has 0 N–H and O–H groups in total. The van der Waals surface area contributed by atoms with Gasteiger partial charge in [-0.15, -0.1) is 11.6 Å². The molecular weight excluding hydrogens is 348 g/mol. The molecule has 1 heterocycles. The van der Waals surface area contributed by atoms with Gasteiger partial charge in [-0.25, -0.2) is 4.98 Å². The third-order valence-electron chi connectivity index (χ3n) is 3.58. The average Bonchev–Trinajstić information content (AvgIpc) is 2.79. The monoisotopic (exact) mass is 362 g/mol. The number of para-hydroxylation sites is 1. The highest BCUT2D eigenvalue weighted by molar-refractivity contribution is 9.10. The van der Waals surface area contributed by atoms with Crippen molar-refractivity contribution >= 4 is 38.6 Å². The zero-order valence-electron chi connectivity index (χ0n) is 12.0. The van der Waals surface area contributed by atoms with E-state index in [0.29, 0.717) is 0 Å². The van der Waals surface area contributed by atoms with E-state index in [0.717, 1.165) is 22.4 Å². The Labute approximate surface area is 137 Å². The van der Waals surface area contributed by atoms with Gasteiger partial charge in [-0.05, 0) is 43.2 Å². The second-order valence-electron chi connectivity index (χ2n) is 5.24. The molecule has 1 atom stereocenters. The van der Waals surface area contributed by atoms with Crippen LogP contribution in [0.2, 0.25) is 0 Å². The first-order valence-electron chi connectivity index (χ1n) is 6.90. The van der Waals surface area contributed by atoms with Crippen molar-refractivity contribution in [1.82, 2.24) is 9.55 Å². The Morgan fingerprint density at radius 2 is 2.00 bits per heavy atom. The number of fused-ring (bicyclic) bond motifs is 1. The Bertz CT molecular complexity index is 793. The summed E-state index contributed by atoms with van der Waals surface area (Å²) >= 11 is 9.86. The Balaban J connectivity index is 2.17. The summed E-state index contributed by atoms with van der Waals surface area (Å²) in [6.07, 6.45) is 0. The van der Waals surface area contributed by atoms with Gasteiger partial charge in [-0.2, -0.15) is 0 Å². The summed E-state index contributed by atoms with van der Waals surface area (Å²) in [5.74, 6) is 0.918. The number of rotatable bonds is 3. The average molecular weight is 364 g/mol. The first-order valence-corrected chi connectivity index (χ1v) is 8.13. The fourth-order valence-electron chi connectivity index (χ4n) is 2.66. The Hall–Kier alpha value is -1.32. The van der Waals surface area contributed by atoms with E-state index in [9.17, 15) is 0 Å². The molecule has 2 aromatic carbocycles. The van der Waals surface area contributed by atoms with Gasteiger partial charge in [0, 0.05) is 11.0 Å². The maximum atomic E-state index is 6.34. The lowest BCUT2D eigenvalue weighted by molar-refractivity contribution is 0.741. The standard InChI is InChI=1S/C17H16BrClN2/c1-11-5-3-8-15-16(11)21(17(20-15)12(2)19)10-13-6-4-7-14(18)9-13/h3-9,12H,10H2,1-2H3. The van der Waals surface area contributed by atoms with E-state index in [1.807, 2.05) is 25.1 Å². The van der Waals surface area contributed by atoms with Gasteiger partial charge < -0.3 is 4.57 Å². The van der Waals surface area contributed by atoms with Crippen LogP contribution in [0.25, 0.3) is 11.0 Å². The van der Waals surface area contributed by atoms with Crippen molar-refractivity contribution in [2.24, 2.45) is 0 Å². The van der Waals surface area contributed by atoms with Gasteiger partial charge >= 0.3 is 0 Å². The maximum Gasteiger partial charge on any atom is 0.128 e. The first kappa shape index (κ1) is 14.6. The third kappa shape index (κ3) is 2.85. The van der Waals surface area contributed by atoms with Crippen LogP contribution in [0.1, 0.15) is 29.3 Å². The minimum Gasteiger partial charge on any atom is -0.322 e. The fraction of sp³-hybridized carbons (Fsp3) is 0.235. The molecule has 1 aromatic heterocycles. The molecule has 108 valence electrons. The number of aromatic nitrogens is 2. The number of alkyl halides is 1. The van der Waals surface area contributed by atoms with Crippen molar-refractivity contribution in [2.75, 3.05) is 0 Å². The van der Waals surface area contributed by atoms with Gasteiger partial charge in [0.25, 0.3) is 0 Å². The van der Waals surface area contributed by atoms with Gasteiger partial charge in [0.2, 0.25) is 0 Å². The zero-order chi connectivity index (χ0) is 15.0. The molecule has 21 heavy (non-hydrogen) atoms. The van der Waals surface area contributed by atoms with E-state index in [1.54, 1.807) is 0 Å². The second-order valence-corrected chi connectivity index (χ2v) is 6.82. The van der Waals surface area contributed by atoms with Crippen LogP contribution in [0.4, 0.5) is 0 Å². The minimum atomic E-state index is -0.121. The van der Waals surface area contributed by atoms with Crippen LogP contribution in [-0.2, 0) is 6.54 Å². The van der Waals surface area contributed by atoms with Crippen molar-refractivity contribution in [1.29, 1.82) is 0 Å². The van der Waals surface area contributed by atoms with Crippen LogP contribution in [0.5, 0.6) is 0 Å². The van der Waals surface area contributed by atoms with Crippen LogP contribution < -0.4 is 0 Å². The first-order chi connectivity index (χ1) is 10.1. The Kier molecular flexibility index (Phi) is 4.05. The quantitative estimate of drug-likeness (QED) is 0.565. The Morgan fingerprint density at radius 3 is 2.71 bits per heavy atom. The highest BCUT2D eigenvalue weighted by Crippen LogP contribution is 2.27. The molecule has 0 amide bonds. The molecule has 2 nitrogen and oxygen atoms in total. The van der Waals surface area contributed by atoms with Crippen molar-refractivity contribution < 1.29 is 0 Å². The SMILES string of the molecule is Cc1cccc2nc(C(C)Cl)n(Cc3cccc(Br)c3)c12. The van der Waals surface area contributed by atoms with E-state index in [-0.39, 0.29) is 5.38 Å². The molecular formula is C17H16BrClN2. The molecule has 0 radical (unpaired) electrons. The Morgan fingerprint density at radius 1 is 1.24 bits per heavy atom. The zero-order valence-corrected chi connectivity index (χ0v) is 14.3. The summed E-state index contributed by atoms with van der Waals surface area (Å²) < 4.78 is 3.31. The molecule has 3 aromatic rings. The smallest absolute Gasteiger partial charge is 0.128 e. The minimum absolute atomic E-state index is 0.121.